The normalized spacial score (nSPS) is 19.4. The Hall–Kier alpha value is 0.580. The molecule has 1 fully saturated rings. The van der Waals surface area contributed by atoms with Gasteiger partial charge in [-0.25, -0.2) is 0 Å². The fourth-order valence-corrected chi connectivity index (χ4v) is 4.19. The first kappa shape index (κ1) is 14.0. The predicted molar refractivity (Wildman–Crippen MR) is 82.1 cm³/mol. The molecule has 2 rings (SSSR count). The van der Waals surface area contributed by atoms with Crippen LogP contribution in [0.25, 0.3) is 0 Å². The maximum Gasteiger partial charge on any atom is 0.0339 e. The van der Waals surface area contributed by atoms with Gasteiger partial charge >= 0.3 is 0 Å². The van der Waals surface area contributed by atoms with Crippen LogP contribution in [-0.4, -0.2) is 47.9 Å². The van der Waals surface area contributed by atoms with Crippen molar-refractivity contribution < 1.29 is 0 Å². The average molecular weight is 382 g/mol. The summed E-state index contributed by atoms with van der Waals surface area (Å²) in [5, 5.41) is 3.25. The van der Waals surface area contributed by atoms with Crippen molar-refractivity contribution in [2.45, 2.75) is 13.0 Å². The highest BCUT2D eigenvalue weighted by atomic mass is 79.9. The van der Waals surface area contributed by atoms with E-state index in [1.165, 1.54) is 48.5 Å². The summed E-state index contributed by atoms with van der Waals surface area (Å²) in [4.78, 5) is 6.59. The molecule has 0 saturated carbocycles. The van der Waals surface area contributed by atoms with Crippen molar-refractivity contribution in [1.82, 2.24) is 9.80 Å². The highest BCUT2D eigenvalue weighted by molar-refractivity contribution is 9.10. The van der Waals surface area contributed by atoms with Crippen molar-refractivity contribution >= 4 is 43.2 Å². The van der Waals surface area contributed by atoms with Gasteiger partial charge in [0.15, 0.2) is 0 Å². The van der Waals surface area contributed by atoms with E-state index >= 15 is 0 Å². The van der Waals surface area contributed by atoms with Crippen LogP contribution in [0.4, 0.5) is 0 Å². The summed E-state index contributed by atoms with van der Waals surface area (Å²) in [5.41, 5.74) is 0. The Morgan fingerprint density at radius 1 is 1.18 bits per heavy atom. The van der Waals surface area contributed by atoms with Crippen molar-refractivity contribution in [3.05, 3.63) is 20.8 Å². The van der Waals surface area contributed by atoms with Gasteiger partial charge in [0.1, 0.15) is 0 Å². The summed E-state index contributed by atoms with van der Waals surface area (Å²) >= 11 is 8.99. The molecule has 0 unspecified atom stereocenters. The van der Waals surface area contributed by atoms with Gasteiger partial charge in [0.25, 0.3) is 0 Å². The SMILES string of the molecule is BrCCN1CCCN(Cc2sccc2Br)CC1. The lowest BCUT2D eigenvalue weighted by atomic mass is 10.3. The molecule has 1 saturated heterocycles. The highest BCUT2D eigenvalue weighted by Gasteiger charge is 2.15. The van der Waals surface area contributed by atoms with Crippen molar-refractivity contribution in [1.29, 1.82) is 0 Å². The molecule has 5 heteroatoms. The Morgan fingerprint density at radius 3 is 2.65 bits per heavy atom. The van der Waals surface area contributed by atoms with Crippen LogP contribution in [0, 0.1) is 0 Å². The van der Waals surface area contributed by atoms with Gasteiger partial charge in [-0.1, -0.05) is 15.9 Å². The molecule has 0 aromatic carbocycles. The fourth-order valence-electron chi connectivity index (χ4n) is 2.17. The second kappa shape index (κ2) is 7.24. The summed E-state index contributed by atoms with van der Waals surface area (Å²) in [6.45, 7) is 7.14. The minimum atomic E-state index is 1.09. The zero-order chi connectivity index (χ0) is 12.1. The molecule has 2 heterocycles. The highest BCUT2D eigenvalue weighted by Crippen LogP contribution is 2.24. The van der Waals surface area contributed by atoms with E-state index in [1.54, 1.807) is 0 Å². The van der Waals surface area contributed by atoms with E-state index in [-0.39, 0.29) is 0 Å². The summed E-state index contributed by atoms with van der Waals surface area (Å²) in [7, 11) is 0. The summed E-state index contributed by atoms with van der Waals surface area (Å²) < 4.78 is 1.27. The first-order chi connectivity index (χ1) is 8.29. The van der Waals surface area contributed by atoms with Crippen LogP contribution in [0.1, 0.15) is 11.3 Å². The molecule has 0 atom stereocenters. The molecule has 0 N–H and O–H groups in total. The number of rotatable bonds is 4. The van der Waals surface area contributed by atoms with Crippen molar-refractivity contribution in [3.63, 3.8) is 0 Å². The number of nitrogens with zero attached hydrogens (tertiary/aromatic N) is 2. The van der Waals surface area contributed by atoms with Gasteiger partial charge < -0.3 is 4.90 Å². The molecule has 0 spiro atoms. The number of thiophene rings is 1. The zero-order valence-corrected chi connectivity index (χ0v) is 13.9. The Labute approximate surface area is 124 Å². The molecular formula is C12H18Br2N2S. The maximum absolute atomic E-state index is 3.62. The van der Waals surface area contributed by atoms with E-state index in [2.05, 4.69) is 53.1 Å². The van der Waals surface area contributed by atoms with Crippen LogP contribution in [0.5, 0.6) is 0 Å². The van der Waals surface area contributed by atoms with Crippen LogP contribution in [0.15, 0.2) is 15.9 Å². The minimum absolute atomic E-state index is 1.09. The van der Waals surface area contributed by atoms with E-state index in [1.807, 2.05) is 11.3 Å². The standard InChI is InChI=1S/C12H18Br2N2S/c13-3-6-15-4-1-5-16(8-7-15)10-12-11(14)2-9-17-12/h2,9H,1,3-8,10H2. The van der Waals surface area contributed by atoms with Crippen molar-refractivity contribution in [3.8, 4) is 0 Å². The minimum Gasteiger partial charge on any atom is -0.301 e. The molecule has 1 aromatic heterocycles. The molecule has 96 valence electrons. The smallest absolute Gasteiger partial charge is 0.0339 e. The quantitative estimate of drug-likeness (QED) is 0.737. The topological polar surface area (TPSA) is 6.48 Å². The van der Waals surface area contributed by atoms with Gasteiger partial charge in [-0.3, -0.25) is 4.90 Å². The molecule has 0 amide bonds. The predicted octanol–water partition coefficient (Wildman–Crippen LogP) is 3.41. The van der Waals surface area contributed by atoms with Gasteiger partial charge in [-0.05, 0) is 46.9 Å². The Balaban J connectivity index is 1.85. The third-order valence-electron chi connectivity index (χ3n) is 3.14. The summed E-state index contributed by atoms with van der Waals surface area (Å²) in [6, 6.07) is 2.15. The van der Waals surface area contributed by atoms with Crippen LogP contribution < -0.4 is 0 Å². The van der Waals surface area contributed by atoms with Gasteiger partial charge in [0, 0.05) is 40.9 Å². The van der Waals surface area contributed by atoms with E-state index in [0.29, 0.717) is 0 Å². The van der Waals surface area contributed by atoms with Crippen LogP contribution in [-0.2, 0) is 6.54 Å². The molecule has 0 aliphatic carbocycles. The van der Waals surface area contributed by atoms with Crippen molar-refractivity contribution in [2.24, 2.45) is 0 Å². The average Bonchev–Trinajstić information content (AvgIpc) is 2.59. The van der Waals surface area contributed by atoms with Crippen LogP contribution in [0.2, 0.25) is 0 Å². The third-order valence-corrected chi connectivity index (χ3v) is 5.41. The van der Waals surface area contributed by atoms with Crippen LogP contribution >= 0.6 is 43.2 Å². The van der Waals surface area contributed by atoms with Gasteiger partial charge in [-0.2, -0.15) is 0 Å². The van der Waals surface area contributed by atoms with E-state index in [9.17, 15) is 0 Å². The third kappa shape index (κ3) is 4.31. The lowest BCUT2D eigenvalue weighted by Crippen LogP contribution is -2.31. The van der Waals surface area contributed by atoms with Gasteiger partial charge in [0.2, 0.25) is 0 Å². The Kier molecular flexibility index (Phi) is 5.96. The molecule has 17 heavy (non-hydrogen) atoms. The van der Waals surface area contributed by atoms with E-state index in [4.69, 9.17) is 0 Å². The fraction of sp³-hybridized carbons (Fsp3) is 0.667. The second-order valence-electron chi connectivity index (χ2n) is 4.35. The summed E-state index contributed by atoms with van der Waals surface area (Å²) in [5.74, 6) is 0. The van der Waals surface area contributed by atoms with Crippen LogP contribution in [0.3, 0.4) is 0 Å². The Morgan fingerprint density at radius 2 is 1.94 bits per heavy atom. The molecule has 1 aromatic rings. The van der Waals surface area contributed by atoms with Gasteiger partial charge in [0.05, 0.1) is 0 Å². The monoisotopic (exact) mass is 380 g/mol. The first-order valence-corrected chi connectivity index (χ1v) is 8.81. The molecule has 2 nitrogen and oxygen atoms in total. The lowest BCUT2D eigenvalue weighted by Gasteiger charge is -2.20. The lowest BCUT2D eigenvalue weighted by molar-refractivity contribution is 0.260. The molecular weight excluding hydrogens is 364 g/mol. The second-order valence-corrected chi connectivity index (χ2v) is 7.00. The Bertz CT molecular complexity index is 343. The first-order valence-electron chi connectivity index (χ1n) is 6.02. The molecule has 1 aliphatic heterocycles. The molecule has 0 radical (unpaired) electrons. The summed E-state index contributed by atoms with van der Waals surface area (Å²) in [6.07, 6.45) is 1.29. The number of alkyl halides is 1. The van der Waals surface area contributed by atoms with Gasteiger partial charge in [-0.15, -0.1) is 11.3 Å². The number of hydrogen-bond acceptors (Lipinski definition) is 3. The maximum atomic E-state index is 3.62. The largest absolute Gasteiger partial charge is 0.301 e. The van der Waals surface area contributed by atoms with E-state index in [0.717, 1.165) is 11.9 Å². The zero-order valence-electron chi connectivity index (χ0n) is 9.87. The number of hydrogen-bond donors (Lipinski definition) is 0. The molecule has 0 bridgehead atoms. The van der Waals surface area contributed by atoms with Crippen molar-refractivity contribution in [2.75, 3.05) is 38.1 Å². The van der Waals surface area contributed by atoms with E-state index < -0.39 is 0 Å². The molecule has 1 aliphatic rings. The number of halogens is 2.